The van der Waals surface area contributed by atoms with Crippen molar-refractivity contribution in [3.8, 4) is 0 Å². The summed E-state index contributed by atoms with van der Waals surface area (Å²) in [5.41, 5.74) is 1.92. The molecule has 0 spiro atoms. The smallest absolute Gasteiger partial charge is 0.241 e. The van der Waals surface area contributed by atoms with E-state index in [1.54, 1.807) is 18.2 Å². The molecule has 1 aromatic rings. The molecule has 0 radical (unpaired) electrons. The van der Waals surface area contributed by atoms with Gasteiger partial charge >= 0.3 is 0 Å². The zero-order valence-electron chi connectivity index (χ0n) is 12.4. The summed E-state index contributed by atoms with van der Waals surface area (Å²) < 4.78 is 26.8. The molecule has 0 saturated heterocycles. The van der Waals surface area contributed by atoms with Crippen LogP contribution in [0.15, 0.2) is 23.1 Å². The van der Waals surface area contributed by atoms with E-state index in [2.05, 4.69) is 10.0 Å². The van der Waals surface area contributed by atoms with Crippen molar-refractivity contribution in [3.05, 3.63) is 29.3 Å². The van der Waals surface area contributed by atoms with Crippen molar-refractivity contribution in [3.63, 3.8) is 0 Å². The molecule has 1 atom stereocenters. The van der Waals surface area contributed by atoms with Crippen LogP contribution in [0.2, 0.25) is 0 Å². The van der Waals surface area contributed by atoms with Crippen LogP contribution in [0.5, 0.6) is 0 Å². The Balaban J connectivity index is 2.84. The molecular formula is C14H22N2O3S. The van der Waals surface area contributed by atoms with Crippen LogP contribution < -0.4 is 10.0 Å². The fourth-order valence-electron chi connectivity index (χ4n) is 1.64. The van der Waals surface area contributed by atoms with E-state index in [9.17, 15) is 13.2 Å². The lowest BCUT2D eigenvalue weighted by Gasteiger charge is -2.14. The summed E-state index contributed by atoms with van der Waals surface area (Å²) in [4.78, 5) is 11.9. The summed E-state index contributed by atoms with van der Waals surface area (Å²) in [6.07, 6.45) is 0.808. The molecule has 0 fully saturated rings. The fraction of sp³-hybridized carbons (Fsp3) is 0.500. The first-order chi connectivity index (χ1) is 9.27. The van der Waals surface area contributed by atoms with Crippen LogP contribution >= 0.6 is 0 Å². The van der Waals surface area contributed by atoms with Crippen molar-refractivity contribution < 1.29 is 13.2 Å². The van der Waals surface area contributed by atoms with E-state index in [1.165, 1.54) is 6.92 Å². The Morgan fingerprint density at radius 3 is 2.45 bits per heavy atom. The summed E-state index contributed by atoms with van der Waals surface area (Å²) in [5, 5.41) is 2.66. The number of hydrogen-bond donors (Lipinski definition) is 2. The number of aryl methyl sites for hydroxylation is 2. The van der Waals surface area contributed by atoms with Crippen molar-refractivity contribution in [1.29, 1.82) is 0 Å². The highest BCUT2D eigenvalue weighted by molar-refractivity contribution is 7.89. The largest absolute Gasteiger partial charge is 0.355 e. The monoisotopic (exact) mass is 298 g/mol. The van der Waals surface area contributed by atoms with Gasteiger partial charge in [-0.05, 0) is 50.5 Å². The summed E-state index contributed by atoms with van der Waals surface area (Å²) >= 11 is 0. The summed E-state index contributed by atoms with van der Waals surface area (Å²) in [5.74, 6) is -0.320. The van der Waals surface area contributed by atoms with E-state index in [0.29, 0.717) is 6.54 Å². The second-order valence-corrected chi connectivity index (χ2v) is 6.59. The third kappa shape index (κ3) is 4.31. The van der Waals surface area contributed by atoms with Crippen LogP contribution in [0.3, 0.4) is 0 Å². The Bertz CT molecular complexity index is 582. The third-order valence-electron chi connectivity index (χ3n) is 3.06. The number of sulfonamides is 1. The van der Waals surface area contributed by atoms with Crippen molar-refractivity contribution in [2.45, 2.75) is 45.1 Å². The van der Waals surface area contributed by atoms with E-state index >= 15 is 0 Å². The van der Waals surface area contributed by atoms with Gasteiger partial charge in [0.1, 0.15) is 0 Å². The molecule has 0 aliphatic heterocycles. The molecule has 0 saturated carbocycles. The van der Waals surface area contributed by atoms with E-state index in [1.807, 2.05) is 20.8 Å². The minimum Gasteiger partial charge on any atom is -0.355 e. The quantitative estimate of drug-likeness (QED) is 0.835. The van der Waals surface area contributed by atoms with Crippen LogP contribution in [-0.2, 0) is 14.8 Å². The van der Waals surface area contributed by atoms with Crippen LogP contribution in [-0.4, -0.2) is 26.9 Å². The Morgan fingerprint density at radius 1 is 1.25 bits per heavy atom. The Hall–Kier alpha value is -1.40. The molecule has 1 rings (SSSR count). The maximum Gasteiger partial charge on any atom is 0.241 e. The SMILES string of the molecule is CCCNC(=O)[C@@H](C)NS(=O)(=O)c1ccc(C)c(C)c1. The maximum atomic E-state index is 12.2. The predicted molar refractivity (Wildman–Crippen MR) is 79.0 cm³/mol. The van der Waals surface area contributed by atoms with Gasteiger partial charge in [0.2, 0.25) is 15.9 Å². The Morgan fingerprint density at radius 2 is 1.90 bits per heavy atom. The summed E-state index contributed by atoms with van der Waals surface area (Å²) in [6, 6.07) is 4.11. The highest BCUT2D eigenvalue weighted by Gasteiger charge is 2.21. The Kier molecular flexibility index (Phi) is 5.71. The molecule has 0 bridgehead atoms. The van der Waals surface area contributed by atoms with Gasteiger partial charge in [0.05, 0.1) is 10.9 Å². The summed E-state index contributed by atoms with van der Waals surface area (Å²) in [6.45, 7) is 7.77. The molecule has 0 aromatic heterocycles. The first-order valence-corrected chi connectivity index (χ1v) is 8.13. The standard InChI is InChI=1S/C14H22N2O3S/c1-5-8-15-14(17)12(4)16-20(18,19)13-7-6-10(2)11(3)9-13/h6-7,9,12,16H,5,8H2,1-4H3,(H,15,17)/t12-/m1/s1. The van der Waals surface area contributed by atoms with Gasteiger partial charge in [-0.1, -0.05) is 13.0 Å². The number of carbonyl (C=O) groups is 1. The number of nitrogens with one attached hydrogen (secondary N) is 2. The lowest BCUT2D eigenvalue weighted by molar-refractivity contribution is -0.122. The van der Waals surface area contributed by atoms with E-state index in [-0.39, 0.29) is 10.8 Å². The van der Waals surface area contributed by atoms with Gasteiger partial charge in [0.25, 0.3) is 0 Å². The third-order valence-corrected chi connectivity index (χ3v) is 4.60. The molecule has 20 heavy (non-hydrogen) atoms. The van der Waals surface area contributed by atoms with Crippen molar-refractivity contribution in [1.82, 2.24) is 10.0 Å². The van der Waals surface area contributed by atoms with Gasteiger partial charge < -0.3 is 5.32 Å². The molecule has 1 aromatic carbocycles. The van der Waals surface area contributed by atoms with Gasteiger partial charge in [-0.15, -0.1) is 0 Å². The van der Waals surface area contributed by atoms with Crippen LogP contribution in [0.1, 0.15) is 31.4 Å². The minimum absolute atomic E-state index is 0.177. The highest BCUT2D eigenvalue weighted by Crippen LogP contribution is 2.14. The molecular weight excluding hydrogens is 276 g/mol. The lowest BCUT2D eigenvalue weighted by Crippen LogP contribution is -2.44. The second-order valence-electron chi connectivity index (χ2n) is 4.88. The van der Waals surface area contributed by atoms with Crippen LogP contribution in [0.4, 0.5) is 0 Å². The minimum atomic E-state index is -3.68. The number of rotatable bonds is 6. The molecule has 0 heterocycles. The van der Waals surface area contributed by atoms with Gasteiger partial charge in [0, 0.05) is 6.54 Å². The van der Waals surface area contributed by atoms with Gasteiger partial charge in [0.15, 0.2) is 0 Å². The first-order valence-electron chi connectivity index (χ1n) is 6.65. The molecule has 6 heteroatoms. The molecule has 0 aliphatic carbocycles. The zero-order valence-corrected chi connectivity index (χ0v) is 13.2. The average Bonchev–Trinajstić information content (AvgIpc) is 2.38. The maximum absolute atomic E-state index is 12.2. The normalized spacial score (nSPS) is 13.0. The van der Waals surface area contributed by atoms with Crippen molar-refractivity contribution in [2.75, 3.05) is 6.54 Å². The van der Waals surface area contributed by atoms with Crippen molar-refractivity contribution >= 4 is 15.9 Å². The second kappa shape index (κ2) is 6.85. The van der Waals surface area contributed by atoms with Crippen LogP contribution in [0, 0.1) is 13.8 Å². The topological polar surface area (TPSA) is 75.3 Å². The van der Waals surface area contributed by atoms with E-state index < -0.39 is 16.1 Å². The molecule has 0 unspecified atom stereocenters. The zero-order chi connectivity index (χ0) is 15.3. The van der Waals surface area contributed by atoms with E-state index in [4.69, 9.17) is 0 Å². The van der Waals surface area contributed by atoms with Crippen LogP contribution in [0.25, 0.3) is 0 Å². The Labute approximate surface area is 120 Å². The molecule has 1 amide bonds. The molecule has 5 nitrogen and oxygen atoms in total. The first kappa shape index (κ1) is 16.7. The average molecular weight is 298 g/mol. The molecule has 2 N–H and O–H groups in total. The number of carbonyl (C=O) groups excluding carboxylic acids is 1. The van der Waals surface area contributed by atoms with Gasteiger partial charge in [-0.2, -0.15) is 4.72 Å². The highest BCUT2D eigenvalue weighted by atomic mass is 32.2. The fourth-order valence-corrected chi connectivity index (χ4v) is 2.92. The number of amides is 1. The number of benzene rings is 1. The lowest BCUT2D eigenvalue weighted by atomic mass is 10.1. The van der Waals surface area contributed by atoms with E-state index in [0.717, 1.165) is 17.5 Å². The summed E-state index contributed by atoms with van der Waals surface area (Å²) in [7, 11) is -3.68. The molecule has 0 aliphatic rings. The number of hydrogen-bond acceptors (Lipinski definition) is 3. The van der Waals surface area contributed by atoms with Gasteiger partial charge in [-0.3, -0.25) is 4.79 Å². The van der Waals surface area contributed by atoms with Gasteiger partial charge in [-0.25, -0.2) is 8.42 Å². The van der Waals surface area contributed by atoms with Crippen molar-refractivity contribution in [2.24, 2.45) is 0 Å². The molecule has 112 valence electrons. The predicted octanol–water partition coefficient (Wildman–Crippen LogP) is 1.50.